The number of fused-ring (bicyclic) bond motifs is 2. The Kier molecular flexibility index (Phi) is 3.71. The summed E-state index contributed by atoms with van der Waals surface area (Å²) in [6.07, 6.45) is 2.92. The largest absolute Gasteiger partial charge is 0.480 e. The van der Waals surface area contributed by atoms with Crippen molar-refractivity contribution in [1.29, 1.82) is 0 Å². The molecule has 1 aromatic carbocycles. The lowest BCUT2D eigenvalue weighted by Crippen LogP contribution is -2.40. The second-order valence-electron chi connectivity index (χ2n) is 7.08. The first-order chi connectivity index (χ1) is 10.4. The predicted molar refractivity (Wildman–Crippen MR) is 83.6 cm³/mol. The van der Waals surface area contributed by atoms with E-state index in [9.17, 15) is 9.59 Å². The van der Waals surface area contributed by atoms with Crippen LogP contribution in [0.2, 0.25) is 0 Å². The first-order valence-electron chi connectivity index (χ1n) is 8.03. The van der Waals surface area contributed by atoms with Crippen LogP contribution in [-0.2, 0) is 21.4 Å². The van der Waals surface area contributed by atoms with Crippen LogP contribution >= 0.6 is 0 Å². The van der Waals surface area contributed by atoms with Gasteiger partial charge in [-0.3, -0.25) is 9.59 Å². The van der Waals surface area contributed by atoms with Crippen LogP contribution in [-0.4, -0.2) is 35.0 Å². The molecule has 2 unspecified atom stereocenters. The summed E-state index contributed by atoms with van der Waals surface area (Å²) in [4.78, 5) is 25.4. The summed E-state index contributed by atoms with van der Waals surface area (Å²) in [6.45, 7) is 4.34. The van der Waals surface area contributed by atoms with Crippen molar-refractivity contribution in [3.05, 3.63) is 35.4 Å². The third kappa shape index (κ3) is 2.51. The number of carboxylic acids is 1. The fourth-order valence-electron chi connectivity index (χ4n) is 3.98. The fraction of sp³-hybridized carbons (Fsp3) is 0.556. The van der Waals surface area contributed by atoms with Gasteiger partial charge in [0.15, 0.2) is 0 Å². The average molecular weight is 301 g/mol. The van der Waals surface area contributed by atoms with Crippen LogP contribution in [0.3, 0.4) is 0 Å². The number of benzene rings is 1. The van der Waals surface area contributed by atoms with Crippen molar-refractivity contribution in [2.75, 3.05) is 13.1 Å². The van der Waals surface area contributed by atoms with E-state index >= 15 is 0 Å². The van der Waals surface area contributed by atoms with E-state index in [1.54, 1.807) is 0 Å². The second-order valence-corrected chi connectivity index (χ2v) is 7.08. The van der Waals surface area contributed by atoms with Crippen LogP contribution in [0.25, 0.3) is 0 Å². The van der Waals surface area contributed by atoms with Crippen molar-refractivity contribution < 1.29 is 14.7 Å². The number of aliphatic carboxylic acids is 1. The molecule has 0 aromatic heterocycles. The molecular formula is C18H23NO3. The van der Waals surface area contributed by atoms with Crippen molar-refractivity contribution in [2.45, 2.75) is 38.5 Å². The molecule has 1 amide bonds. The lowest BCUT2D eigenvalue weighted by atomic mass is 9.95. The van der Waals surface area contributed by atoms with Gasteiger partial charge in [-0.25, -0.2) is 0 Å². The first kappa shape index (κ1) is 15.1. The van der Waals surface area contributed by atoms with E-state index in [0.29, 0.717) is 6.54 Å². The molecule has 0 aliphatic heterocycles. The summed E-state index contributed by atoms with van der Waals surface area (Å²) < 4.78 is 0. The Labute approximate surface area is 131 Å². The number of nitrogens with zero attached hydrogens (tertiary/aromatic N) is 1. The Balaban J connectivity index is 1.78. The van der Waals surface area contributed by atoms with Crippen LogP contribution in [0.5, 0.6) is 0 Å². The van der Waals surface area contributed by atoms with Gasteiger partial charge in [0.1, 0.15) is 6.54 Å². The highest BCUT2D eigenvalue weighted by molar-refractivity contribution is 5.87. The SMILES string of the molecule is CC(C)CN(CC(=O)O)C(=O)C1CC12CCc1ccccc12. The van der Waals surface area contributed by atoms with Crippen molar-refractivity contribution in [1.82, 2.24) is 4.90 Å². The topological polar surface area (TPSA) is 57.6 Å². The van der Waals surface area contributed by atoms with E-state index in [4.69, 9.17) is 5.11 Å². The quantitative estimate of drug-likeness (QED) is 0.909. The Bertz CT molecular complexity index is 610. The lowest BCUT2D eigenvalue weighted by molar-refractivity contribution is -0.145. The molecule has 118 valence electrons. The van der Waals surface area contributed by atoms with Gasteiger partial charge >= 0.3 is 5.97 Å². The number of carbonyl (C=O) groups excluding carboxylic acids is 1. The first-order valence-corrected chi connectivity index (χ1v) is 8.03. The average Bonchev–Trinajstić information content (AvgIpc) is 3.06. The summed E-state index contributed by atoms with van der Waals surface area (Å²) in [5, 5.41) is 9.07. The molecule has 1 fully saturated rings. The molecule has 1 saturated carbocycles. The van der Waals surface area contributed by atoms with Gasteiger partial charge in [0, 0.05) is 17.9 Å². The minimum Gasteiger partial charge on any atom is -0.480 e. The van der Waals surface area contributed by atoms with Gasteiger partial charge in [-0.05, 0) is 36.3 Å². The molecular weight excluding hydrogens is 278 g/mol. The summed E-state index contributed by atoms with van der Waals surface area (Å²) in [6, 6.07) is 8.37. The van der Waals surface area contributed by atoms with Gasteiger partial charge in [-0.2, -0.15) is 0 Å². The molecule has 2 aliphatic carbocycles. The molecule has 1 aromatic rings. The lowest BCUT2D eigenvalue weighted by Gasteiger charge is -2.24. The van der Waals surface area contributed by atoms with E-state index in [2.05, 4.69) is 12.1 Å². The normalized spacial score (nSPS) is 25.3. The van der Waals surface area contributed by atoms with Crippen molar-refractivity contribution in [3.8, 4) is 0 Å². The molecule has 4 heteroatoms. The summed E-state index contributed by atoms with van der Waals surface area (Å²) in [5.41, 5.74) is 2.65. The van der Waals surface area contributed by atoms with Gasteiger partial charge in [0.25, 0.3) is 0 Å². The van der Waals surface area contributed by atoms with Gasteiger partial charge in [0.2, 0.25) is 5.91 Å². The number of hydrogen-bond acceptors (Lipinski definition) is 2. The summed E-state index contributed by atoms with van der Waals surface area (Å²) in [5.74, 6) is -0.675. The van der Waals surface area contributed by atoms with Crippen LogP contribution in [0.4, 0.5) is 0 Å². The Morgan fingerprint density at radius 1 is 1.36 bits per heavy atom. The third-order valence-electron chi connectivity index (χ3n) is 4.99. The van der Waals surface area contributed by atoms with Crippen LogP contribution in [0.1, 0.15) is 37.8 Å². The zero-order valence-electron chi connectivity index (χ0n) is 13.2. The number of rotatable bonds is 5. The molecule has 0 bridgehead atoms. The van der Waals surface area contributed by atoms with E-state index in [1.807, 2.05) is 26.0 Å². The van der Waals surface area contributed by atoms with Gasteiger partial charge < -0.3 is 10.0 Å². The number of hydrogen-bond donors (Lipinski definition) is 1. The Morgan fingerprint density at radius 3 is 2.77 bits per heavy atom. The maximum absolute atomic E-state index is 12.8. The molecule has 2 atom stereocenters. The monoisotopic (exact) mass is 301 g/mol. The van der Waals surface area contributed by atoms with Gasteiger partial charge in [-0.15, -0.1) is 0 Å². The highest BCUT2D eigenvalue weighted by atomic mass is 16.4. The Hall–Kier alpha value is -1.84. The van der Waals surface area contributed by atoms with E-state index in [-0.39, 0.29) is 29.7 Å². The van der Waals surface area contributed by atoms with Crippen molar-refractivity contribution in [2.24, 2.45) is 11.8 Å². The number of carbonyl (C=O) groups is 2. The zero-order chi connectivity index (χ0) is 15.9. The van der Waals surface area contributed by atoms with E-state index in [0.717, 1.165) is 19.3 Å². The van der Waals surface area contributed by atoms with Crippen LogP contribution in [0, 0.1) is 11.8 Å². The molecule has 0 heterocycles. The van der Waals surface area contributed by atoms with Crippen LogP contribution in [0.15, 0.2) is 24.3 Å². The number of aryl methyl sites for hydroxylation is 1. The molecule has 1 N–H and O–H groups in total. The third-order valence-corrected chi connectivity index (χ3v) is 4.99. The van der Waals surface area contributed by atoms with E-state index < -0.39 is 5.97 Å². The second kappa shape index (κ2) is 5.41. The molecule has 22 heavy (non-hydrogen) atoms. The smallest absolute Gasteiger partial charge is 0.323 e. The van der Waals surface area contributed by atoms with Gasteiger partial charge in [-0.1, -0.05) is 38.1 Å². The molecule has 0 radical (unpaired) electrons. The minimum absolute atomic E-state index is 0.0125. The van der Waals surface area contributed by atoms with Crippen molar-refractivity contribution >= 4 is 11.9 Å². The maximum atomic E-state index is 12.8. The number of carboxylic acid groups (broad SMARTS) is 1. The molecule has 1 spiro atoms. The van der Waals surface area contributed by atoms with Gasteiger partial charge in [0.05, 0.1) is 0 Å². The highest BCUT2D eigenvalue weighted by Crippen LogP contribution is 2.61. The molecule has 0 saturated heterocycles. The zero-order valence-corrected chi connectivity index (χ0v) is 13.2. The summed E-state index contributed by atoms with van der Waals surface area (Å²) in [7, 11) is 0. The van der Waals surface area contributed by atoms with Crippen molar-refractivity contribution in [3.63, 3.8) is 0 Å². The predicted octanol–water partition coefficient (Wildman–Crippen LogP) is 2.46. The fourth-order valence-corrected chi connectivity index (χ4v) is 3.98. The minimum atomic E-state index is -0.935. The summed E-state index contributed by atoms with van der Waals surface area (Å²) >= 11 is 0. The maximum Gasteiger partial charge on any atom is 0.323 e. The van der Waals surface area contributed by atoms with Crippen LogP contribution < -0.4 is 0 Å². The standard InChI is InChI=1S/C18H23NO3/c1-12(2)10-19(11-16(20)21)17(22)15-9-18(15)8-7-13-5-3-4-6-14(13)18/h3-6,12,15H,7-11H2,1-2H3,(H,20,21). The molecule has 2 aliphatic rings. The van der Waals surface area contributed by atoms with E-state index in [1.165, 1.54) is 16.0 Å². The molecule has 3 rings (SSSR count). The number of amides is 1. The Morgan fingerprint density at radius 2 is 2.09 bits per heavy atom. The molecule has 4 nitrogen and oxygen atoms in total. The highest BCUT2D eigenvalue weighted by Gasteiger charge is 2.62.